The van der Waals surface area contributed by atoms with E-state index in [1.807, 2.05) is 42.1 Å². The van der Waals surface area contributed by atoms with E-state index in [1.54, 1.807) is 31.8 Å². The van der Waals surface area contributed by atoms with Crippen molar-refractivity contribution in [3.05, 3.63) is 59.2 Å². The van der Waals surface area contributed by atoms with Crippen LogP contribution in [0.1, 0.15) is 39.0 Å². The Labute approximate surface area is 156 Å². The number of amides is 1. The summed E-state index contributed by atoms with van der Waals surface area (Å²) >= 11 is 1.55. The molecule has 0 spiro atoms. The molecule has 26 heavy (non-hydrogen) atoms. The first-order valence-electron chi connectivity index (χ1n) is 8.13. The Kier molecular flexibility index (Phi) is 4.99. The minimum Gasteiger partial charge on any atom is -0.354 e. The molecule has 1 amide bonds. The van der Waals surface area contributed by atoms with Crippen molar-refractivity contribution in [2.75, 3.05) is 5.32 Å². The zero-order valence-corrected chi connectivity index (χ0v) is 15.9. The lowest BCUT2D eigenvalue weighted by molar-refractivity contribution is 0.101. The summed E-state index contributed by atoms with van der Waals surface area (Å²) in [6.07, 6.45) is 3.65. The van der Waals surface area contributed by atoms with Crippen molar-refractivity contribution in [3.8, 4) is 0 Å². The molecule has 2 heterocycles. The van der Waals surface area contributed by atoms with Crippen molar-refractivity contribution >= 4 is 29.1 Å². The zero-order chi connectivity index (χ0) is 18.8. The number of aromatic nitrogens is 3. The fourth-order valence-corrected chi connectivity index (χ4v) is 3.66. The molecule has 0 aliphatic carbocycles. The lowest BCUT2D eigenvalue weighted by Gasteiger charge is -2.07. The number of aromatic amines is 1. The second-order valence-corrected chi connectivity index (χ2v) is 7.12. The maximum absolute atomic E-state index is 12.5. The van der Waals surface area contributed by atoms with E-state index in [1.165, 1.54) is 6.92 Å². The summed E-state index contributed by atoms with van der Waals surface area (Å²) in [5, 5.41) is 3.76. The number of hydrogen-bond acceptors (Lipinski definition) is 4. The summed E-state index contributed by atoms with van der Waals surface area (Å²) in [5.74, 6) is -0.312. The Morgan fingerprint density at radius 1 is 1.19 bits per heavy atom. The molecular formula is C19H20N4O2S. The molecular weight excluding hydrogens is 348 g/mol. The van der Waals surface area contributed by atoms with E-state index in [4.69, 9.17) is 0 Å². The number of ketones is 1. The van der Waals surface area contributed by atoms with Gasteiger partial charge in [-0.15, -0.1) is 0 Å². The van der Waals surface area contributed by atoms with Gasteiger partial charge in [0.1, 0.15) is 5.69 Å². The molecule has 0 saturated carbocycles. The van der Waals surface area contributed by atoms with Crippen LogP contribution in [-0.2, 0) is 7.05 Å². The molecule has 2 aromatic heterocycles. The fourth-order valence-electron chi connectivity index (χ4n) is 2.86. The smallest absolute Gasteiger partial charge is 0.272 e. The van der Waals surface area contributed by atoms with Gasteiger partial charge in [0.05, 0.1) is 0 Å². The zero-order valence-electron chi connectivity index (χ0n) is 15.1. The van der Waals surface area contributed by atoms with Gasteiger partial charge in [-0.2, -0.15) is 0 Å². The Morgan fingerprint density at radius 2 is 1.88 bits per heavy atom. The van der Waals surface area contributed by atoms with E-state index in [2.05, 4.69) is 15.3 Å². The predicted molar refractivity (Wildman–Crippen MR) is 102 cm³/mol. The van der Waals surface area contributed by atoms with Crippen LogP contribution in [0.25, 0.3) is 0 Å². The number of nitrogens with one attached hydrogen (secondary N) is 2. The molecule has 0 saturated heterocycles. The van der Waals surface area contributed by atoms with Crippen molar-refractivity contribution < 1.29 is 9.59 Å². The predicted octanol–water partition coefficient (Wildman–Crippen LogP) is 3.97. The first kappa shape index (κ1) is 18.0. The van der Waals surface area contributed by atoms with Gasteiger partial charge in [0.25, 0.3) is 5.91 Å². The quantitative estimate of drug-likeness (QED) is 0.668. The molecule has 1 aromatic carbocycles. The van der Waals surface area contributed by atoms with Gasteiger partial charge in [-0.1, -0.05) is 11.8 Å². The molecule has 3 aromatic rings. The Bertz CT molecular complexity index is 970. The fraction of sp³-hybridized carbons (Fsp3) is 0.211. The minimum absolute atomic E-state index is 0.0500. The van der Waals surface area contributed by atoms with Gasteiger partial charge in [0, 0.05) is 41.3 Å². The lowest BCUT2D eigenvalue weighted by atomic mass is 10.1. The molecule has 3 rings (SSSR count). The van der Waals surface area contributed by atoms with Crippen LogP contribution in [0.15, 0.2) is 46.7 Å². The highest BCUT2D eigenvalue weighted by molar-refractivity contribution is 7.99. The highest BCUT2D eigenvalue weighted by Gasteiger charge is 2.19. The van der Waals surface area contributed by atoms with E-state index in [0.29, 0.717) is 28.2 Å². The molecule has 2 N–H and O–H groups in total. The number of hydrogen-bond donors (Lipinski definition) is 2. The van der Waals surface area contributed by atoms with Gasteiger partial charge < -0.3 is 14.9 Å². The summed E-state index contributed by atoms with van der Waals surface area (Å²) in [6.45, 7) is 5.08. The van der Waals surface area contributed by atoms with Gasteiger partial charge in [-0.25, -0.2) is 4.98 Å². The van der Waals surface area contributed by atoms with Crippen molar-refractivity contribution in [2.45, 2.75) is 30.8 Å². The number of anilines is 1. The SMILES string of the molecule is CC(=O)c1c(C)[nH]c(C(=O)Nc2ccc(Sc3nccn3C)cc2)c1C. The van der Waals surface area contributed by atoms with Crippen LogP contribution in [0.4, 0.5) is 5.69 Å². The number of benzene rings is 1. The molecule has 0 fully saturated rings. The number of H-pyrrole nitrogens is 1. The standard InChI is InChI=1S/C19H20N4O2S/c1-11-16(13(3)24)12(2)21-17(11)18(25)22-14-5-7-15(8-6-14)26-19-20-9-10-23(19)4/h5-10,21H,1-4H3,(H,22,25). The minimum atomic E-state index is -0.261. The van der Waals surface area contributed by atoms with Gasteiger partial charge in [0.2, 0.25) is 0 Å². The molecule has 0 aliphatic heterocycles. The van der Waals surface area contributed by atoms with Crippen LogP contribution < -0.4 is 5.32 Å². The molecule has 0 bridgehead atoms. The highest BCUT2D eigenvalue weighted by Crippen LogP contribution is 2.27. The first-order chi connectivity index (χ1) is 12.4. The summed E-state index contributed by atoms with van der Waals surface area (Å²) in [4.78, 5) is 32.6. The Balaban J connectivity index is 1.73. The Morgan fingerprint density at radius 3 is 2.42 bits per heavy atom. The highest BCUT2D eigenvalue weighted by atomic mass is 32.2. The average molecular weight is 368 g/mol. The monoisotopic (exact) mass is 368 g/mol. The number of Topliss-reactive ketones (excluding diaryl/α,β-unsaturated/α-hetero) is 1. The third-order valence-electron chi connectivity index (χ3n) is 4.11. The van der Waals surface area contributed by atoms with E-state index in [0.717, 1.165) is 10.1 Å². The topological polar surface area (TPSA) is 79.8 Å². The van der Waals surface area contributed by atoms with Gasteiger partial charge in [0.15, 0.2) is 10.9 Å². The van der Waals surface area contributed by atoms with Crippen LogP contribution in [0.5, 0.6) is 0 Å². The summed E-state index contributed by atoms with van der Waals surface area (Å²) < 4.78 is 1.95. The van der Waals surface area contributed by atoms with Crippen LogP contribution in [0.3, 0.4) is 0 Å². The molecule has 0 radical (unpaired) electrons. The lowest BCUT2D eigenvalue weighted by Crippen LogP contribution is -2.13. The van der Waals surface area contributed by atoms with E-state index in [9.17, 15) is 9.59 Å². The van der Waals surface area contributed by atoms with Crippen LogP contribution in [-0.4, -0.2) is 26.2 Å². The first-order valence-corrected chi connectivity index (χ1v) is 8.95. The van der Waals surface area contributed by atoms with Gasteiger partial charge >= 0.3 is 0 Å². The van der Waals surface area contributed by atoms with Crippen molar-refractivity contribution in [3.63, 3.8) is 0 Å². The number of rotatable bonds is 5. The third kappa shape index (κ3) is 3.57. The van der Waals surface area contributed by atoms with E-state index in [-0.39, 0.29) is 11.7 Å². The summed E-state index contributed by atoms with van der Waals surface area (Å²) in [5.41, 5.74) is 3.07. The number of imidazole rings is 1. The number of nitrogens with zero attached hydrogens (tertiary/aromatic N) is 2. The van der Waals surface area contributed by atoms with E-state index < -0.39 is 0 Å². The summed E-state index contributed by atoms with van der Waals surface area (Å²) in [7, 11) is 1.94. The maximum Gasteiger partial charge on any atom is 0.272 e. The molecule has 6 nitrogen and oxygen atoms in total. The maximum atomic E-state index is 12.5. The Hall–Kier alpha value is -2.80. The van der Waals surface area contributed by atoms with Crippen molar-refractivity contribution in [1.82, 2.24) is 14.5 Å². The number of carbonyl (C=O) groups excluding carboxylic acids is 2. The number of carbonyl (C=O) groups is 2. The van der Waals surface area contributed by atoms with Crippen molar-refractivity contribution in [2.24, 2.45) is 7.05 Å². The molecule has 7 heteroatoms. The second kappa shape index (κ2) is 7.21. The largest absolute Gasteiger partial charge is 0.354 e. The number of aryl methyl sites for hydroxylation is 2. The van der Waals surface area contributed by atoms with Crippen molar-refractivity contribution in [1.29, 1.82) is 0 Å². The van der Waals surface area contributed by atoms with E-state index >= 15 is 0 Å². The van der Waals surface area contributed by atoms with Gasteiger partial charge in [-0.05, 0) is 50.6 Å². The summed E-state index contributed by atoms with van der Waals surface area (Å²) in [6, 6.07) is 7.56. The second-order valence-electron chi connectivity index (χ2n) is 6.08. The molecule has 0 atom stereocenters. The van der Waals surface area contributed by atoms with Crippen LogP contribution >= 0.6 is 11.8 Å². The van der Waals surface area contributed by atoms with Crippen LogP contribution in [0, 0.1) is 13.8 Å². The third-order valence-corrected chi connectivity index (χ3v) is 5.20. The average Bonchev–Trinajstić information content (AvgIpc) is 3.12. The normalized spacial score (nSPS) is 10.8. The van der Waals surface area contributed by atoms with Crippen LogP contribution in [0.2, 0.25) is 0 Å². The molecule has 0 unspecified atom stereocenters. The molecule has 0 aliphatic rings. The molecule has 134 valence electrons. The van der Waals surface area contributed by atoms with Gasteiger partial charge in [-0.3, -0.25) is 9.59 Å².